The summed E-state index contributed by atoms with van der Waals surface area (Å²) in [7, 11) is 0. The van der Waals surface area contributed by atoms with E-state index in [1.165, 1.54) is 12.1 Å². The van der Waals surface area contributed by atoms with Crippen LogP contribution in [0.5, 0.6) is 5.75 Å². The first-order valence-electron chi connectivity index (χ1n) is 5.96. The van der Waals surface area contributed by atoms with Gasteiger partial charge in [0.2, 0.25) is 0 Å². The molecule has 18 heavy (non-hydrogen) atoms. The van der Waals surface area contributed by atoms with Crippen molar-refractivity contribution in [3.05, 3.63) is 29.6 Å². The molecule has 0 bridgehead atoms. The van der Waals surface area contributed by atoms with Crippen molar-refractivity contribution in [1.82, 2.24) is 0 Å². The Bertz CT molecular complexity index is 424. The van der Waals surface area contributed by atoms with Gasteiger partial charge >= 0.3 is 0 Å². The number of hydrogen-bond acceptors (Lipinski definition) is 3. The molecule has 98 valence electrons. The molecular formula is C14H18FNO2. The second kappa shape index (κ2) is 8.51. The molecule has 0 aliphatic rings. The molecule has 0 unspecified atom stereocenters. The molecule has 1 aromatic carbocycles. The largest absolute Gasteiger partial charge is 0.493 e. The summed E-state index contributed by atoms with van der Waals surface area (Å²) in [6, 6.07) is 4.40. The van der Waals surface area contributed by atoms with Gasteiger partial charge in [0.15, 0.2) is 0 Å². The number of ether oxygens (including phenoxy) is 2. The van der Waals surface area contributed by atoms with Gasteiger partial charge in [0, 0.05) is 31.3 Å². The van der Waals surface area contributed by atoms with Crippen LogP contribution in [0.2, 0.25) is 0 Å². The molecular weight excluding hydrogens is 233 g/mol. The van der Waals surface area contributed by atoms with Gasteiger partial charge < -0.3 is 15.2 Å². The number of hydrogen-bond donors (Lipinski definition) is 1. The second-order valence-electron chi connectivity index (χ2n) is 3.58. The molecule has 2 N–H and O–H groups in total. The van der Waals surface area contributed by atoms with Crippen LogP contribution in [0.3, 0.4) is 0 Å². The summed E-state index contributed by atoms with van der Waals surface area (Å²) < 4.78 is 23.9. The molecule has 0 aliphatic carbocycles. The molecule has 4 heteroatoms. The van der Waals surface area contributed by atoms with Crippen LogP contribution in [-0.4, -0.2) is 26.4 Å². The topological polar surface area (TPSA) is 44.5 Å². The van der Waals surface area contributed by atoms with Crippen LogP contribution in [0.4, 0.5) is 4.39 Å². The molecule has 0 atom stereocenters. The van der Waals surface area contributed by atoms with Gasteiger partial charge in [0.25, 0.3) is 0 Å². The summed E-state index contributed by atoms with van der Waals surface area (Å²) >= 11 is 0. The highest BCUT2D eigenvalue weighted by Gasteiger charge is 2.00. The van der Waals surface area contributed by atoms with E-state index in [0.717, 1.165) is 6.42 Å². The lowest BCUT2D eigenvalue weighted by Gasteiger charge is -2.07. The molecule has 0 radical (unpaired) electrons. The Balaban J connectivity index is 2.52. The third-order valence-electron chi connectivity index (χ3n) is 2.11. The molecule has 0 heterocycles. The molecule has 0 spiro atoms. The van der Waals surface area contributed by atoms with E-state index < -0.39 is 0 Å². The lowest BCUT2D eigenvalue weighted by Crippen LogP contribution is -2.03. The zero-order valence-corrected chi connectivity index (χ0v) is 10.5. The lowest BCUT2D eigenvalue weighted by molar-refractivity contribution is 0.131. The summed E-state index contributed by atoms with van der Waals surface area (Å²) in [6.07, 6.45) is 0.772. The molecule has 0 fully saturated rings. The zero-order chi connectivity index (χ0) is 13.2. The van der Waals surface area contributed by atoms with E-state index in [1.54, 1.807) is 6.07 Å². The fourth-order valence-electron chi connectivity index (χ4n) is 1.37. The van der Waals surface area contributed by atoms with Crippen LogP contribution in [-0.2, 0) is 4.74 Å². The quantitative estimate of drug-likeness (QED) is 0.620. The third kappa shape index (κ3) is 5.67. The fraction of sp³-hybridized carbons (Fsp3) is 0.429. The van der Waals surface area contributed by atoms with Crippen molar-refractivity contribution >= 4 is 0 Å². The predicted octanol–water partition coefficient (Wildman–Crippen LogP) is 1.94. The van der Waals surface area contributed by atoms with E-state index in [2.05, 4.69) is 11.8 Å². The third-order valence-corrected chi connectivity index (χ3v) is 2.11. The maximum absolute atomic E-state index is 13.3. The number of benzene rings is 1. The first-order chi connectivity index (χ1) is 8.76. The second-order valence-corrected chi connectivity index (χ2v) is 3.58. The van der Waals surface area contributed by atoms with Gasteiger partial charge in [-0.1, -0.05) is 11.8 Å². The molecule has 0 aliphatic heterocycles. The van der Waals surface area contributed by atoms with Crippen molar-refractivity contribution in [2.75, 3.05) is 26.4 Å². The normalized spacial score (nSPS) is 9.72. The Morgan fingerprint density at radius 3 is 2.83 bits per heavy atom. The predicted molar refractivity (Wildman–Crippen MR) is 68.9 cm³/mol. The summed E-state index contributed by atoms with van der Waals surface area (Å²) in [4.78, 5) is 0. The van der Waals surface area contributed by atoms with E-state index >= 15 is 0 Å². The Kier molecular flexibility index (Phi) is 6.85. The van der Waals surface area contributed by atoms with Crippen LogP contribution in [0.15, 0.2) is 18.2 Å². The van der Waals surface area contributed by atoms with E-state index in [1.807, 2.05) is 6.92 Å². The number of halogens is 1. The van der Waals surface area contributed by atoms with Crippen LogP contribution in [0.1, 0.15) is 18.9 Å². The minimum atomic E-state index is -0.362. The first kappa shape index (κ1) is 14.5. The van der Waals surface area contributed by atoms with Crippen molar-refractivity contribution in [3.63, 3.8) is 0 Å². The Hall–Kier alpha value is -1.57. The summed E-state index contributed by atoms with van der Waals surface area (Å²) in [5, 5.41) is 0. The minimum Gasteiger partial charge on any atom is -0.493 e. The van der Waals surface area contributed by atoms with Gasteiger partial charge in [0.1, 0.15) is 11.6 Å². The van der Waals surface area contributed by atoms with E-state index in [-0.39, 0.29) is 12.4 Å². The molecule has 0 saturated carbocycles. The average Bonchev–Trinajstić information content (AvgIpc) is 2.35. The van der Waals surface area contributed by atoms with Crippen molar-refractivity contribution < 1.29 is 13.9 Å². The van der Waals surface area contributed by atoms with Crippen molar-refractivity contribution in [1.29, 1.82) is 0 Å². The molecule has 0 saturated heterocycles. The molecule has 1 rings (SSSR count). The van der Waals surface area contributed by atoms with Crippen LogP contribution < -0.4 is 10.5 Å². The Morgan fingerprint density at radius 1 is 1.28 bits per heavy atom. The maximum Gasteiger partial charge on any atom is 0.128 e. The summed E-state index contributed by atoms with van der Waals surface area (Å²) in [5.74, 6) is 5.57. The smallest absolute Gasteiger partial charge is 0.128 e. The Morgan fingerprint density at radius 2 is 2.11 bits per heavy atom. The molecule has 0 aromatic heterocycles. The van der Waals surface area contributed by atoms with Gasteiger partial charge in [-0.2, -0.15) is 0 Å². The van der Waals surface area contributed by atoms with Gasteiger partial charge in [-0.25, -0.2) is 4.39 Å². The maximum atomic E-state index is 13.3. The fourth-order valence-corrected chi connectivity index (χ4v) is 1.37. The SMILES string of the molecule is CCOCCCOc1cc(F)cc(C#CCN)c1. The van der Waals surface area contributed by atoms with Crippen molar-refractivity contribution in [3.8, 4) is 17.6 Å². The zero-order valence-electron chi connectivity index (χ0n) is 10.5. The van der Waals surface area contributed by atoms with Crippen molar-refractivity contribution in [2.24, 2.45) is 5.73 Å². The monoisotopic (exact) mass is 251 g/mol. The highest BCUT2D eigenvalue weighted by molar-refractivity contribution is 5.40. The first-order valence-corrected chi connectivity index (χ1v) is 5.96. The lowest BCUT2D eigenvalue weighted by atomic mass is 10.2. The van der Waals surface area contributed by atoms with Gasteiger partial charge in [-0.15, -0.1) is 0 Å². The minimum absolute atomic E-state index is 0.251. The van der Waals surface area contributed by atoms with Crippen LogP contribution in [0.25, 0.3) is 0 Å². The molecule has 0 amide bonds. The van der Waals surface area contributed by atoms with E-state index in [4.69, 9.17) is 15.2 Å². The molecule has 3 nitrogen and oxygen atoms in total. The number of rotatable bonds is 6. The standard InChI is InChI=1S/C14H18FNO2/c1-2-17-7-4-8-18-14-10-12(5-3-6-16)9-13(15)11-14/h9-11H,2,4,6-8,16H2,1H3. The highest BCUT2D eigenvalue weighted by atomic mass is 19.1. The summed E-state index contributed by atoms with van der Waals surface area (Å²) in [6.45, 7) is 4.02. The molecule has 1 aromatic rings. The average molecular weight is 251 g/mol. The van der Waals surface area contributed by atoms with Gasteiger partial charge in [0.05, 0.1) is 13.2 Å². The van der Waals surface area contributed by atoms with Gasteiger partial charge in [-0.05, 0) is 19.1 Å². The van der Waals surface area contributed by atoms with Crippen LogP contribution >= 0.6 is 0 Å². The summed E-state index contributed by atoms with van der Waals surface area (Å²) in [5.41, 5.74) is 5.84. The number of nitrogens with two attached hydrogens (primary N) is 1. The van der Waals surface area contributed by atoms with E-state index in [9.17, 15) is 4.39 Å². The highest BCUT2D eigenvalue weighted by Crippen LogP contribution is 2.16. The van der Waals surface area contributed by atoms with Gasteiger partial charge in [-0.3, -0.25) is 0 Å². The Labute approximate surface area is 107 Å². The van der Waals surface area contributed by atoms with Crippen LogP contribution in [0, 0.1) is 17.7 Å². The van der Waals surface area contributed by atoms with Crippen molar-refractivity contribution in [2.45, 2.75) is 13.3 Å². The van der Waals surface area contributed by atoms with E-state index in [0.29, 0.717) is 31.1 Å².